The summed E-state index contributed by atoms with van der Waals surface area (Å²) in [6, 6.07) is 12.3. The largest absolute Gasteiger partial charge is 0.493 e. The second kappa shape index (κ2) is 17.4. The van der Waals surface area contributed by atoms with Gasteiger partial charge in [-0.2, -0.15) is 5.10 Å². The summed E-state index contributed by atoms with van der Waals surface area (Å²) in [5.74, 6) is -0.613. The Bertz CT molecular complexity index is 1340. The topological polar surface area (TPSA) is 106 Å². The molecule has 8 nitrogen and oxygen atoms in total. The number of nitrogens with one attached hydrogen (secondary N) is 2. The highest BCUT2D eigenvalue weighted by Gasteiger charge is 2.20. The number of methoxy groups -OCH3 is 1. The molecule has 2 aromatic carbocycles. The second-order valence-corrected chi connectivity index (χ2v) is 11.1. The van der Waals surface area contributed by atoms with Crippen molar-refractivity contribution in [3.63, 3.8) is 0 Å². The highest BCUT2D eigenvalue weighted by molar-refractivity contribution is 7.21. The van der Waals surface area contributed by atoms with Crippen molar-refractivity contribution in [3.05, 3.63) is 57.9 Å². The summed E-state index contributed by atoms with van der Waals surface area (Å²) < 4.78 is 11.8. The monoisotopic (exact) mass is 599 g/mol. The molecule has 0 aliphatic rings. The maximum atomic E-state index is 12.8. The fourth-order valence-corrected chi connectivity index (χ4v) is 5.61. The van der Waals surface area contributed by atoms with Crippen molar-refractivity contribution in [1.29, 1.82) is 0 Å². The van der Waals surface area contributed by atoms with Gasteiger partial charge in [0.05, 0.1) is 24.9 Å². The lowest BCUT2D eigenvalue weighted by molar-refractivity contribution is -0.126. The van der Waals surface area contributed by atoms with E-state index in [1.54, 1.807) is 18.2 Å². The minimum Gasteiger partial charge on any atom is -0.493 e. The highest BCUT2D eigenvalue weighted by atomic mass is 35.5. The maximum absolute atomic E-state index is 12.8. The van der Waals surface area contributed by atoms with Gasteiger partial charge in [-0.15, -0.1) is 11.3 Å². The number of unbranched alkanes of at least 4 members (excludes halogenated alkanes) is 8. The molecule has 41 heavy (non-hydrogen) atoms. The van der Waals surface area contributed by atoms with Crippen molar-refractivity contribution in [2.45, 2.75) is 71.1 Å². The molecule has 0 unspecified atom stereocenters. The number of carbonyl (C=O) groups is 3. The first-order valence-electron chi connectivity index (χ1n) is 14.1. The van der Waals surface area contributed by atoms with Crippen molar-refractivity contribution in [2.24, 2.45) is 5.10 Å². The molecule has 0 fully saturated rings. The number of amides is 2. The van der Waals surface area contributed by atoms with Crippen LogP contribution in [0.4, 0.5) is 0 Å². The smallest absolute Gasteiger partial charge is 0.355 e. The molecule has 1 heterocycles. The van der Waals surface area contributed by atoms with Gasteiger partial charge in [0.1, 0.15) is 4.88 Å². The van der Waals surface area contributed by atoms with Crippen LogP contribution in [0.15, 0.2) is 47.6 Å². The van der Waals surface area contributed by atoms with Crippen LogP contribution in [0.2, 0.25) is 5.02 Å². The Morgan fingerprint density at radius 1 is 0.927 bits per heavy atom. The molecule has 2 N–H and O–H groups in total. The van der Waals surface area contributed by atoms with Gasteiger partial charge in [0.2, 0.25) is 5.91 Å². The lowest BCUT2D eigenvalue weighted by Crippen LogP contribution is -2.34. The summed E-state index contributed by atoms with van der Waals surface area (Å²) >= 11 is 7.66. The molecule has 10 heteroatoms. The third-order valence-electron chi connectivity index (χ3n) is 6.47. The van der Waals surface area contributed by atoms with E-state index in [-0.39, 0.29) is 18.2 Å². The van der Waals surface area contributed by atoms with E-state index >= 15 is 0 Å². The van der Waals surface area contributed by atoms with Gasteiger partial charge in [0, 0.05) is 16.5 Å². The minimum atomic E-state index is -0.581. The number of esters is 1. The average Bonchev–Trinajstić information content (AvgIpc) is 3.32. The van der Waals surface area contributed by atoms with E-state index in [0.717, 1.165) is 29.3 Å². The van der Waals surface area contributed by atoms with Gasteiger partial charge >= 0.3 is 5.97 Å². The van der Waals surface area contributed by atoms with Gasteiger partial charge < -0.3 is 14.8 Å². The lowest BCUT2D eigenvalue weighted by atomic mass is 10.1. The number of hydrazone groups is 1. The van der Waals surface area contributed by atoms with Crippen LogP contribution in [0.1, 0.15) is 86.4 Å². The molecule has 0 saturated heterocycles. The van der Waals surface area contributed by atoms with E-state index < -0.39 is 11.9 Å². The first-order valence-corrected chi connectivity index (χ1v) is 15.3. The molecular weight excluding hydrogens is 562 g/mol. The Kier molecular flexibility index (Phi) is 13.6. The summed E-state index contributed by atoms with van der Waals surface area (Å²) in [4.78, 5) is 37.2. The van der Waals surface area contributed by atoms with E-state index in [9.17, 15) is 14.4 Å². The molecule has 1 aromatic heterocycles. The van der Waals surface area contributed by atoms with Gasteiger partial charge in [-0.3, -0.25) is 9.59 Å². The Balaban J connectivity index is 1.39. The van der Waals surface area contributed by atoms with E-state index in [4.69, 9.17) is 21.1 Å². The number of thiophene rings is 1. The van der Waals surface area contributed by atoms with Gasteiger partial charge in [0.25, 0.3) is 5.91 Å². The van der Waals surface area contributed by atoms with E-state index in [0.29, 0.717) is 27.6 Å². The molecule has 0 aliphatic carbocycles. The first kappa shape index (κ1) is 32.1. The van der Waals surface area contributed by atoms with Crippen molar-refractivity contribution < 1.29 is 23.9 Å². The van der Waals surface area contributed by atoms with Crippen molar-refractivity contribution in [2.75, 3.05) is 13.7 Å². The lowest BCUT2D eigenvalue weighted by Gasteiger charge is -2.09. The number of hydrogen-bond donors (Lipinski definition) is 2. The zero-order valence-electron chi connectivity index (χ0n) is 23.7. The number of halogens is 1. The van der Waals surface area contributed by atoms with Crippen LogP contribution >= 0.6 is 22.9 Å². The predicted octanol–water partition coefficient (Wildman–Crippen LogP) is 7.27. The molecule has 2 amide bonds. The first-order chi connectivity index (χ1) is 19.9. The SMILES string of the molecule is CCCCCCCCCCCC(=O)NCC(=O)NN=Cc1ccc(OC(=O)c2sc3ccccc3c2Cl)c(OC)c1. The number of rotatable bonds is 17. The van der Waals surface area contributed by atoms with Crippen molar-refractivity contribution in [3.8, 4) is 11.5 Å². The third-order valence-corrected chi connectivity index (χ3v) is 8.12. The zero-order valence-corrected chi connectivity index (χ0v) is 25.2. The number of nitrogens with zero attached hydrogens (tertiary/aromatic N) is 1. The molecule has 0 saturated carbocycles. The van der Waals surface area contributed by atoms with E-state index in [1.165, 1.54) is 63.2 Å². The number of hydrogen-bond acceptors (Lipinski definition) is 7. The Labute approximate surface area is 250 Å². The number of ether oxygens (including phenoxy) is 2. The predicted molar refractivity (Wildman–Crippen MR) is 165 cm³/mol. The number of fused-ring (bicyclic) bond motifs is 1. The molecule has 3 aromatic rings. The van der Waals surface area contributed by atoms with Crippen molar-refractivity contribution in [1.82, 2.24) is 10.7 Å². The van der Waals surface area contributed by atoms with Crippen LogP contribution in [0.3, 0.4) is 0 Å². The highest BCUT2D eigenvalue weighted by Crippen LogP contribution is 2.37. The molecule has 220 valence electrons. The molecule has 0 bridgehead atoms. The van der Waals surface area contributed by atoms with Crippen LogP contribution in [0.25, 0.3) is 10.1 Å². The van der Waals surface area contributed by atoms with E-state index in [1.807, 2.05) is 24.3 Å². The van der Waals surface area contributed by atoms with Gasteiger partial charge in [0.15, 0.2) is 11.5 Å². The summed E-state index contributed by atoms with van der Waals surface area (Å²) in [6.07, 6.45) is 12.5. The maximum Gasteiger partial charge on any atom is 0.355 e. The normalized spacial score (nSPS) is 11.1. The van der Waals surface area contributed by atoms with Crippen LogP contribution in [0.5, 0.6) is 11.5 Å². The van der Waals surface area contributed by atoms with Crippen LogP contribution in [-0.4, -0.2) is 37.7 Å². The molecular formula is C31H38ClN3O5S. The van der Waals surface area contributed by atoms with Crippen molar-refractivity contribution >= 4 is 57.0 Å². The Morgan fingerprint density at radius 3 is 2.34 bits per heavy atom. The summed E-state index contributed by atoms with van der Waals surface area (Å²) in [6.45, 7) is 2.07. The third kappa shape index (κ3) is 10.5. The molecule has 0 aliphatic heterocycles. The summed E-state index contributed by atoms with van der Waals surface area (Å²) in [7, 11) is 1.46. The average molecular weight is 600 g/mol. The fourth-order valence-electron chi connectivity index (χ4n) is 4.22. The standard InChI is InChI=1S/C31H38ClN3O5S/c1-3-4-5-6-7-8-9-10-11-16-27(36)33-21-28(37)35-34-20-22-17-18-24(25(19-22)39-2)40-31(38)30-29(32)23-14-12-13-15-26(23)41-30/h12-15,17-20H,3-11,16,21H2,1-2H3,(H,33,36)(H,35,37). The minimum absolute atomic E-state index is 0.140. The Morgan fingerprint density at radius 2 is 1.63 bits per heavy atom. The second-order valence-electron chi connectivity index (χ2n) is 9.69. The van der Waals surface area contributed by atoms with Crippen LogP contribution < -0.4 is 20.2 Å². The molecule has 0 atom stereocenters. The quantitative estimate of drug-likeness (QED) is 0.0558. The molecule has 3 rings (SSSR count). The molecule has 0 radical (unpaired) electrons. The summed E-state index contributed by atoms with van der Waals surface area (Å²) in [5, 5.41) is 7.71. The van der Waals surface area contributed by atoms with Gasteiger partial charge in [-0.05, 0) is 36.2 Å². The van der Waals surface area contributed by atoms with Crippen LogP contribution in [0, 0.1) is 0 Å². The van der Waals surface area contributed by atoms with Crippen LogP contribution in [-0.2, 0) is 9.59 Å². The van der Waals surface area contributed by atoms with Gasteiger partial charge in [-0.25, -0.2) is 10.2 Å². The number of benzene rings is 2. The van der Waals surface area contributed by atoms with E-state index in [2.05, 4.69) is 22.8 Å². The molecule has 0 spiro atoms. The summed E-state index contributed by atoms with van der Waals surface area (Å²) in [5.41, 5.74) is 3.00. The zero-order chi connectivity index (χ0) is 29.5. The Hall–Kier alpha value is -3.43. The van der Waals surface area contributed by atoms with Gasteiger partial charge in [-0.1, -0.05) is 88.1 Å². The number of carbonyl (C=O) groups excluding carboxylic acids is 3. The fraction of sp³-hybridized carbons (Fsp3) is 0.419.